The average Bonchev–Trinajstić information content (AvgIpc) is 2.33. The fourth-order valence-corrected chi connectivity index (χ4v) is 1.63. The van der Waals surface area contributed by atoms with Crippen molar-refractivity contribution in [3.63, 3.8) is 0 Å². The van der Waals surface area contributed by atoms with Crippen molar-refractivity contribution in [1.82, 2.24) is 4.37 Å². The zero-order valence-electron chi connectivity index (χ0n) is 4.96. The van der Waals surface area contributed by atoms with Gasteiger partial charge >= 0.3 is 0 Å². The van der Waals surface area contributed by atoms with E-state index in [1.165, 1.54) is 17.1 Å². The van der Waals surface area contributed by atoms with Crippen LogP contribution < -0.4 is 4.74 Å². The predicted octanol–water partition coefficient (Wildman–Crippen LogP) is 1.47. The summed E-state index contributed by atoms with van der Waals surface area (Å²) in [5, 5.41) is 2.06. The van der Waals surface area contributed by atoms with E-state index in [0.29, 0.717) is 0 Å². The van der Waals surface area contributed by atoms with Gasteiger partial charge in [0.15, 0.2) is 0 Å². The van der Waals surface area contributed by atoms with Crippen molar-refractivity contribution in [2.75, 3.05) is 6.61 Å². The largest absolute Gasteiger partial charge is 0.477 e. The number of aromatic nitrogens is 1. The van der Waals surface area contributed by atoms with Crippen LogP contribution in [-0.4, -0.2) is 11.0 Å². The van der Waals surface area contributed by atoms with E-state index >= 15 is 0 Å². The van der Waals surface area contributed by atoms with Crippen LogP contribution in [0.4, 0.5) is 0 Å². The molecule has 48 valence electrons. The van der Waals surface area contributed by atoms with Gasteiger partial charge in [-0.15, -0.1) is 0 Å². The van der Waals surface area contributed by atoms with E-state index in [-0.39, 0.29) is 0 Å². The fraction of sp³-hybridized carbons (Fsp3) is 0.500. The lowest BCUT2D eigenvalue weighted by molar-refractivity contribution is 0.280. The highest BCUT2D eigenvalue weighted by Crippen LogP contribution is 2.23. The van der Waals surface area contributed by atoms with Crippen LogP contribution in [-0.2, 0) is 6.42 Å². The van der Waals surface area contributed by atoms with E-state index in [4.69, 9.17) is 4.74 Å². The van der Waals surface area contributed by atoms with E-state index in [2.05, 4.69) is 9.75 Å². The zero-order valence-corrected chi connectivity index (χ0v) is 5.78. The third-order valence-electron chi connectivity index (χ3n) is 1.43. The second-order valence-corrected chi connectivity index (χ2v) is 2.73. The second-order valence-electron chi connectivity index (χ2n) is 2.10. The van der Waals surface area contributed by atoms with Crippen molar-refractivity contribution in [1.29, 1.82) is 0 Å². The van der Waals surface area contributed by atoms with E-state index < -0.39 is 0 Å². The van der Waals surface area contributed by atoms with Crippen LogP contribution in [0.2, 0.25) is 0 Å². The number of ether oxygens (including phenoxy) is 1. The Hall–Kier alpha value is -0.570. The summed E-state index contributed by atoms with van der Waals surface area (Å²) in [7, 11) is 0. The first kappa shape index (κ1) is 5.23. The number of hydrogen-bond acceptors (Lipinski definition) is 3. The first-order valence-corrected chi connectivity index (χ1v) is 3.86. The summed E-state index contributed by atoms with van der Waals surface area (Å²) >= 11 is 1.48. The Morgan fingerprint density at radius 1 is 1.67 bits per heavy atom. The van der Waals surface area contributed by atoms with Crippen molar-refractivity contribution in [3.8, 4) is 5.88 Å². The number of aryl methyl sites for hydroxylation is 1. The Kier molecular flexibility index (Phi) is 1.16. The monoisotopic (exact) mass is 141 g/mol. The standard InChI is InChI=1S/C6H7NOS/c1-2-5-4-9-7-6(5)8-3-1/h4H,1-3H2. The van der Waals surface area contributed by atoms with Gasteiger partial charge in [-0.2, -0.15) is 4.37 Å². The summed E-state index contributed by atoms with van der Waals surface area (Å²) in [6.07, 6.45) is 2.29. The first-order valence-electron chi connectivity index (χ1n) is 3.03. The highest BCUT2D eigenvalue weighted by molar-refractivity contribution is 7.03. The fourth-order valence-electron chi connectivity index (χ4n) is 0.963. The van der Waals surface area contributed by atoms with Gasteiger partial charge in [0.05, 0.1) is 6.61 Å². The van der Waals surface area contributed by atoms with Gasteiger partial charge in [-0.1, -0.05) is 0 Å². The van der Waals surface area contributed by atoms with Gasteiger partial charge in [0.1, 0.15) is 0 Å². The van der Waals surface area contributed by atoms with Crippen molar-refractivity contribution in [3.05, 3.63) is 10.9 Å². The molecule has 0 amide bonds. The minimum absolute atomic E-state index is 0.844. The highest BCUT2D eigenvalue weighted by Gasteiger charge is 2.10. The van der Waals surface area contributed by atoms with Crippen LogP contribution in [0.1, 0.15) is 12.0 Å². The molecule has 0 radical (unpaired) electrons. The topological polar surface area (TPSA) is 22.1 Å². The van der Waals surface area contributed by atoms with Crippen LogP contribution in [0.5, 0.6) is 5.88 Å². The van der Waals surface area contributed by atoms with Gasteiger partial charge < -0.3 is 4.74 Å². The molecule has 0 unspecified atom stereocenters. The molecule has 1 aliphatic rings. The van der Waals surface area contributed by atoms with Crippen LogP contribution in [0.15, 0.2) is 5.38 Å². The summed E-state index contributed by atoms with van der Waals surface area (Å²) in [5.41, 5.74) is 1.28. The minimum atomic E-state index is 0.844. The summed E-state index contributed by atoms with van der Waals surface area (Å²) in [6, 6.07) is 0. The quantitative estimate of drug-likeness (QED) is 0.545. The zero-order chi connectivity index (χ0) is 6.10. The Labute approximate surface area is 57.6 Å². The van der Waals surface area contributed by atoms with Crippen LogP contribution >= 0.6 is 11.5 Å². The lowest BCUT2D eigenvalue weighted by Crippen LogP contribution is -2.06. The molecule has 0 spiro atoms. The van der Waals surface area contributed by atoms with Gasteiger partial charge in [0.2, 0.25) is 5.88 Å². The van der Waals surface area contributed by atoms with Gasteiger partial charge in [-0.05, 0) is 24.4 Å². The van der Waals surface area contributed by atoms with Gasteiger partial charge in [0.25, 0.3) is 0 Å². The van der Waals surface area contributed by atoms with Crippen LogP contribution in [0.3, 0.4) is 0 Å². The minimum Gasteiger partial charge on any atom is -0.477 e. The Bertz CT molecular complexity index is 188. The van der Waals surface area contributed by atoms with Crippen LogP contribution in [0, 0.1) is 0 Å². The SMILES string of the molecule is c1snc2c1CCCO2. The number of nitrogens with zero attached hydrogens (tertiary/aromatic N) is 1. The highest BCUT2D eigenvalue weighted by atomic mass is 32.1. The first-order chi connectivity index (χ1) is 4.47. The second kappa shape index (κ2) is 1.99. The molecule has 0 aromatic carbocycles. The lowest BCUT2D eigenvalue weighted by Gasteiger charge is -2.09. The molecule has 1 aromatic rings. The van der Waals surface area contributed by atoms with Crippen molar-refractivity contribution < 1.29 is 4.74 Å². The third-order valence-corrected chi connectivity index (χ3v) is 2.10. The molecule has 3 heteroatoms. The molecule has 0 bridgehead atoms. The Morgan fingerprint density at radius 3 is 3.56 bits per heavy atom. The average molecular weight is 141 g/mol. The molecule has 0 saturated heterocycles. The Balaban J connectivity index is 2.39. The lowest BCUT2D eigenvalue weighted by atomic mass is 10.2. The predicted molar refractivity (Wildman–Crippen MR) is 35.9 cm³/mol. The van der Waals surface area contributed by atoms with Crippen LogP contribution in [0.25, 0.3) is 0 Å². The number of hydrogen-bond donors (Lipinski definition) is 0. The van der Waals surface area contributed by atoms with Crippen molar-refractivity contribution in [2.45, 2.75) is 12.8 Å². The summed E-state index contributed by atoms with van der Waals surface area (Å²) in [6.45, 7) is 0.844. The summed E-state index contributed by atoms with van der Waals surface area (Å²) in [4.78, 5) is 0. The van der Waals surface area contributed by atoms with E-state index in [0.717, 1.165) is 25.3 Å². The van der Waals surface area contributed by atoms with Gasteiger partial charge in [-0.3, -0.25) is 0 Å². The normalized spacial score (nSPS) is 16.4. The molecular weight excluding hydrogens is 134 g/mol. The molecule has 1 aromatic heterocycles. The maximum absolute atomic E-state index is 5.26. The third kappa shape index (κ3) is 0.812. The molecule has 9 heavy (non-hydrogen) atoms. The van der Waals surface area contributed by atoms with Gasteiger partial charge in [0, 0.05) is 10.9 Å². The number of fused-ring (bicyclic) bond motifs is 1. The van der Waals surface area contributed by atoms with Crippen molar-refractivity contribution >= 4 is 11.5 Å². The van der Waals surface area contributed by atoms with E-state index in [1.807, 2.05) is 0 Å². The molecule has 2 heterocycles. The molecule has 2 rings (SSSR count). The molecule has 0 saturated carbocycles. The molecular formula is C6H7NOS. The summed E-state index contributed by atoms with van der Waals surface area (Å²) in [5.74, 6) is 0.867. The van der Waals surface area contributed by atoms with E-state index in [1.54, 1.807) is 0 Å². The number of rotatable bonds is 0. The molecule has 0 N–H and O–H groups in total. The Morgan fingerprint density at radius 2 is 2.67 bits per heavy atom. The molecule has 1 aliphatic heterocycles. The molecule has 0 aliphatic carbocycles. The van der Waals surface area contributed by atoms with Gasteiger partial charge in [-0.25, -0.2) is 0 Å². The maximum atomic E-state index is 5.26. The summed E-state index contributed by atoms with van der Waals surface area (Å²) < 4.78 is 9.34. The molecule has 0 fully saturated rings. The van der Waals surface area contributed by atoms with Crippen molar-refractivity contribution in [2.24, 2.45) is 0 Å². The smallest absolute Gasteiger partial charge is 0.228 e. The van der Waals surface area contributed by atoms with E-state index in [9.17, 15) is 0 Å². The molecule has 2 nitrogen and oxygen atoms in total. The molecule has 0 atom stereocenters. The maximum Gasteiger partial charge on any atom is 0.228 e.